The third-order valence-corrected chi connectivity index (χ3v) is 4.83. The van der Waals surface area contributed by atoms with Crippen molar-refractivity contribution in [1.82, 2.24) is 10.2 Å². The van der Waals surface area contributed by atoms with E-state index in [0.717, 1.165) is 6.04 Å². The lowest BCUT2D eigenvalue weighted by Gasteiger charge is -2.43. The topological polar surface area (TPSA) is 15.3 Å². The molecule has 0 aromatic heterocycles. The summed E-state index contributed by atoms with van der Waals surface area (Å²) in [6, 6.07) is 0.842. The van der Waals surface area contributed by atoms with Gasteiger partial charge in [-0.1, -0.05) is 34.1 Å². The largest absolute Gasteiger partial charge is 0.313 e. The Kier molecular flexibility index (Phi) is 4.94. The molecule has 2 heteroatoms. The first kappa shape index (κ1) is 15.3. The number of nitrogens with one attached hydrogen (secondary N) is 1. The highest BCUT2D eigenvalue weighted by Crippen LogP contribution is 2.32. The summed E-state index contributed by atoms with van der Waals surface area (Å²) in [5.41, 5.74) is 0.986. The minimum atomic E-state index is 0.463. The molecule has 2 fully saturated rings. The molecule has 2 rings (SSSR count). The van der Waals surface area contributed by atoms with E-state index in [1.54, 1.807) is 0 Å². The van der Waals surface area contributed by atoms with Crippen molar-refractivity contribution >= 4 is 0 Å². The zero-order chi connectivity index (χ0) is 13.9. The molecular formula is C17H34N2. The molecule has 0 radical (unpaired) electrons. The average molecular weight is 266 g/mol. The van der Waals surface area contributed by atoms with E-state index >= 15 is 0 Å². The van der Waals surface area contributed by atoms with Gasteiger partial charge in [-0.25, -0.2) is 0 Å². The maximum atomic E-state index is 3.77. The van der Waals surface area contributed by atoms with Gasteiger partial charge in [0.1, 0.15) is 0 Å². The number of likely N-dealkylation sites (tertiary alicyclic amines) is 1. The summed E-state index contributed by atoms with van der Waals surface area (Å²) < 4.78 is 0. The second kappa shape index (κ2) is 6.13. The van der Waals surface area contributed by atoms with E-state index in [1.807, 2.05) is 0 Å². The van der Waals surface area contributed by atoms with E-state index in [0.29, 0.717) is 10.8 Å². The highest BCUT2D eigenvalue weighted by atomic mass is 15.1. The van der Waals surface area contributed by atoms with Gasteiger partial charge >= 0.3 is 0 Å². The van der Waals surface area contributed by atoms with Crippen molar-refractivity contribution in [2.24, 2.45) is 10.8 Å². The van der Waals surface area contributed by atoms with Gasteiger partial charge in [0.25, 0.3) is 0 Å². The maximum absolute atomic E-state index is 3.77. The number of hydrogen-bond donors (Lipinski definition) is 1. The Morgan fingerprint density at radius 3 is 2.63 bits per heavy atom. The van der Waals surface area contributed by atoms with E-state index < -0.39 is 0 Å². The van der Waals surface area contributed by atoms with Gasteiger partial charge in [-0.3, -0.25) is 0 Å². The van der Waals surface area contributed by atoms with Gasteiger partial charge in [-0.15, -0.1) is 0 Å². The fourth-order valence-electron chi connectivity index (χ4n) is 3.72. The Hall–Kier alpha value is -0.0800. The third kappa shape index (κ3) is 5.07. The first-order chi connectivity index (χ1) is 8.92. The average Bonchev–Trinajstić information content (AvgIpc) is 3.09. The molecule has 2 nitrogen and oxygen atoms in total. The third-order valence-electron chi connectivity index (χ3n) is 4.83. The quantitative estimate of drug-likeness (QED) is 0.756. The van der Waals surface area contributed by atoms with Crippen molar-refractivity contribution in [3.05, 3.63) is 0 Å². The zero-order valence-corrected chi connectivity index (χ0v) is 13.6. The first-order valence-corrected chi connectivity index (χ1v) is 8.38. The van der Waals surface area contributed by atoms with Gasteiger partial charge in [0.2, 0.25) is 0 Å². The van der Waals surface area contributed by atoms with Crippen molar-refractivity contribution in [1.29, 1.82) is 0 Å². The van der Waals surface area contributed by atoms with Crippen molar-refractivity contribution < 1.29 is 0 Å². The van der Waals surface area contributed by atoms with Crippen LogP contribution < -0.4 is 5.32 Å². The van der Waals surface area contributed by atoms with Gasteiger partial charge in [0, 0.05) is 25.7 Å². The van der Waals surface area contributed by atoms with Crippen LogP contribution in [0.5, 0.6) is 0 Å². The van der Waals surface area contributed by atoms with Crippen LogP contribution in [0.25, 0.3) is 0 Å². The molecule has 2 aliphatic rings. The van der Waals surface area contributed by atoms with Crippen molar-refractivity contribution in [3.63, 3.8) is 0 Å². The number of nitrogens with zero attached hydrogens (tertiary/aromatic N) is 1. The molecule has 0 aromatic carbocycles. The van der Waals surface area contributed by atoms with Gasteiger partial charge in [-0.2, -0.15) is 0 Å². The van der Waals surface area contributed by atoms with Gasteiger partial charge < -0.3 is 10.2 Å². The van der Waals surface area contributed by atoms with Crippen LogP contribution in [0.15, 0.2) is 0 Å². The van der Waals surface area contributed by atoms with Gasteiger partial charge in [-0.05, 0) is 49.5 Å². The van der Waals surface area contributed by atoms with Crippen LogP contribution >= 0.6 is 0 Å². The first-order valence-electron chi connectivity index (χ1n) is 8.38. The molecular weight excluding hydrogens is 232 g/mol. The van der Waals surface area contributed by atoms with Gasteiger partial charge in [0.05, 0.1) is 0 Å². The normalized spacial score (nSPS) is 27.2. The van der Waals surface area contributed by atoms with E-state index in [4.69, 9.17) is 0 Å². The molecule has 1 N–H and O–H groups in total. The lowest BCUT2D eigenvalue weighted by molar-refractivity contribution is 0.0704. The Morgan fingerprint density at radius 1 is 1.32 bits per heavy atom. The number of hydrogen-bond acceptors (Lipinski definition) is 2. The molecule has 19 heavy (non-hydrogen) atoms. The lowest BCUT2D eigenvalue weighted by atomic mass is 9.80. The smallest absolute Gasteiger partial charge is 0.00684 e. The van der Waals surface area contributed by atoms with Crippen LogP contribution in [0.2, 0.25) is 0 Å². The Balaban J connectivity index is 1.86. The van der Waals surface area contributed by atoms with Crippen molar-refractivity contribution in [3.8, 4) is 0 Å². The monoisotopic (exact) mass is 266 g/mol. The summed E-state index contributed by atoms with van der Waals surface area (Å²) in [5, 5.41) is 3.77. The fourth-order valence-corrected chi connectivity index (χ4v) is 3.72. The van der Waals surface area contributed by atoms with Crippen molar-refractivity contribution in [2.45, 2.75) is 72.3 Å². The predicted octanol–water partition coefficient (Wildman–Crippen LogP) is 3.67. The van der Waals surface area contributed by atoms with Crippen LogP contribution in [0.4, 0.5) is 0 Å². The Labute approximate surface area is 120 Å². The summed E-state index contributed by atoms with van der Waals surface area (Å²) in [6.07, 6.45) is 8.24. The molecule has 1 aliphatic carbocycles. The zero-order valence-electron chi connectivity index (χ0n) is 13.6. The Morgan fingerprint density at radius 2 is 2.05 bits per heavy atom. The van der Waals surface area contributed by atoms with Crippen LogP contribution in [-0.2, 0) is 0 Å². The van der Waals surface area contributed by atoms with Crippen LogP contribution in [-0.4, -0.2) is 37.1 Å². The molecule has 1 atom stereocenters. The standard InChI is InChI=1S/C17H34N2/c1-5-9-17(4,12-18-15-7-8-15)14-19-11-6-10-16(2,3)13-19/h15,18H,5-14H2,1-4H3. The second-order valence-corrected chi connectivity index (χ2v) is 8.19. The Bertz CT molecular complexity index is 283. The van der Waals surface area contributed by atoms with Crippen molar-refractivity contribution in [2.75, 3.05) is 26.2 Å². The lowest BCUT2D eigenvalue weighted by Crippen LogP contribution is -2.48. The van der Waals surface area contributed by atoms with Crippen LogP contribution in [0.1, 0.15) is 66.2 Å². The summed E-state index contributed by atoms with van der Waals surface area (Å²) in [5.74, 6) is 0. The maximum Gasteiger partial charge on any atom is 0.00684 e. The van der Waals surface area contributed by atoms with Crippen LogP contribution in [0.3, 0.4) is 0 Å². The highest BCUT2D eigenvalue weighted by molar-refractivity contribution is 4.89. The number of rotatable bonds is 7. The molecule has 1 saturated heterocycles. The molecule has 0 bridgehead atoms. The van der Waals surface area contributed by atoms with E-state index in [-0.39, 0.29) is 0 Å². The fraction of sp³-hybridized carbons (Fsp3) is 1.00. The minimum Gasteiger partial charge on any atom is -0.313 e. The van der Waals surface area contributed by atoms with Gasteiger partial charge in [0.15, 0.2) is 0 Å². The minimum absolute atomic E-state index is 0.463. The SMILES string of the molecule is CCCC(C)(CNC1CC1)CN1CCCC(C)(C)C1. The molecule has 1 unspecified atom stereocenters. The highest BCUT2D eigenvalue weighted by Gasteiger charge is 2.33. The van der Waals surface area contributed by atoms with E-state index in [1.165, 1.54) is 64.7 Å². The number of piperidine rings is 1. The molecule has 1 saturated carbocycles. The molecule has 0 spiro atoms. The van der Waals surface area contributed by atoms with E-state index in [9.17, 15) is 0 Å². The molecule has 0 aromatic rings. The molecule has 1 aliphatic heterocycles. The predicted molar refractivity (Wildman–Crippen MR) is 83.5 cm³/mol. The molecule has 0 amide bonds. The van der Waals surface area contributed by atoms with Crippen LogP contribution in [0, 0.1) is 10.8 Å². The molecule has 1 heterocycles. The summed E-state index contributed by atoms with van der Waals surface area (Å²) in [6.45, 7) is 14.8. The summed E-state index contributed by atoms with van der Waals surface area (Å²) in [4.78, 5) is 2.73. The van der Waals surface area contributed by atoms with E-state index in [2.05, 4.69) is 37.9 Å². The summed E-state index contributed by atoms with van der Waals surface area (Å²) in [7, 11) is 0. The second-order valence-electron chi connectivity index (χ2n) is 8.19. The molecule has 112 valence electrons. The summed E-state index contributed by atoms with van der Waals surface area (Å²) >= 11 is 0.